The van der Waals surface area contributed by atoms with E-state index in [-0.39, 0.29) is 17.8 Å². The molecule has 0 atom stereocenters. The highest BCUT2D eigenvalue weighted by Gasteiger charge is 2.29. The molecule has 158 valence electrons. The Bertz CT molecular complexity index is 630. The summed E-state index contributed by atoms with van der Waals surface area (Å²) in [5.74, 6) is 0.233. The lowest BCUT2D eigenvalue weighted by atomic mass is 9.85. The molecule has 0 saturated heterocycles. The van der Waals surface area contributed by atoms with Crippen LogP contribution in [0, 0.1) is 11.8 Å². The summed E-state index contributed by atoms with van der Waals surface area (Å²) in [6, 6.07) is 0.132. The number of nitrogens with zero attached hydrogens (tertiary/aromatic N) is 2. The maximum Gasteiger partial charge on any atom is 0.323 e. The number of aromatic nitrogens is 1. The quantitative estimate of drug-likeness (QED) is 0.536. The van der Waals surface area contributed by atoms with Crippen LogP contribution in [0.4, 0.5) is 9.93 Å². The second kappa shape index (κ2) is 11.6. The van der Waals surface area contributed by atoms with Crippen LogP contribution >= 0.6 is 23.1 Å². The van der Waals surface area contributed by atoms with E-state index in [1.165, 1.54) is 23.1 Å². The standard InChI is InChI=1S/C19H31N3O4S2/c1-13(2)8-9-22(15-6-4-14(5-7-15)11-26-3)19(25)21-18-20-10-17(28-18)27-12-16(23)24/h10,13-15H,4-9,11-12H2,1-3H3,(H,23,24)(H,20,21,25)/t14-,15-. The first-order chi connectivity index (χ1) is 13.4. The van der Waals surface area contributed by atoms with Crippen LogP contribution in [0.5, 0.6) is 0 Å². The van der Waals surface area contributed by atoms with E-state index in [0.717, 1.165) is 49.5 Å². The molecule has 2 rings (SSSR count). The summed E-state index contributed by atoms with van der Waals surface area (Å²) in [6.45, 7) is 5.85. The highest BCUT2D eigenvalue weighted by atomic mass is 32.2. The zero-order valence-corrected chi connectivity index (χ0v) is 18.5. The fourth-order valence-electron chi connectivity index (χ4n) is 3.39. The number of amides is 2. The molecule has 1 heterocycles. The second-order valence-electron chi connectivity index (χ2n) is 7.60. The van der Waals surface area contributed by atoms with Gasteiger partial charge in [-0.2, -0.15) is 0 Å². The van der Waals surface area contributed by atoms with Crippen molar-refractivity contribution in [1.29, 1.82) is 0 Å². The summed E-state index contributed by atoms with van der Waals surface area (Å²) in [6.07, 6.45) is 6.73. The Labute approximate surface area is 175 Å². The molecule has 9 heteroatoms. The van der Waals surface area contributed by atoms with Gasteiger partial charge >= 0.3 is 12.0 Å². The number of nitrogens with one attached hydrogen (secondary N) is 1. The number of carbonyl (C=O) groups excluding carboxylic acids is 1. The number of carboxylic acids is 1. The molecule has 28 heavy (non-hydrogen) atoms. The Morgan fingerprint density at radius 2 is 2.11 bits per heavy atom. The lowest BCUT2D eigenvalue weighted by molar-refractivity contribution is -0.133. The predicted octanol–water partition coefficient (Wildman–Crippen LogP) is 4.41. The van der Waals surface area contributed by atoms with E-state index in [1.54, 1.807) is 13.3 Å². The molecule has 1 saturated carbocycles. The van der Waals surface area contributed by atoms with Gasteiger partial charge in [0.15, 0.2) is 5.13 Å². The molecule has 1 fully saturated rings. The Hall–Kier alpha value is -1.32. The van der Waals surface area contributed by atoms with Gasteiger partial charge in [0, 0.05) is 26.3 Å². The van der Waals surface area contributed by atoms with Crippen molar-refractivity contribution in [3.05, 3.63) is 6.20 Å². The minimum atomic E-state index is -0.868. The zero-order valence-electron chi connectivity index (χ0n) is 16.8. The summed E-state index contributed by atoms with van der Waals surface area (Å²) >= 11 is 2.52. The number of thioether (sulfide) groups is 1. The normalized spacial score (nSPS) is 19.6. The van der Waals surface area contributed by atoms with Crippen LogP contribution in [0.15, 0.2) is 10.4 Å². The number of aliphatic carboxylic acids is 1. The molecule has 0 spiro atoms. The zero-order chi connectivity index (χ0) is 20.5. The van der Waals surface area contributed by atoms with Gasteiger partial charge in [-0.1, -0.05) is 25.2 Å². The highest BCUT2D eigenvalue weighted by Crippen LogP contribution is 2.30. The fraction of sp³-hybridized carbons (Fsp3) is 0.737. The number of hydrogen-bond donors (Lipinski definition) is 2. The number of methoxy groups -OCH3 is 1. The maximum atomic E-state index is 13.0. The minimum absolute atomic E-state index is 0.0131. The second-order valence-corrected chi connectivity index (χ2v) is 9.91. The molecule has 0 aliphatic heterocycles. The van der Waals surface area contributed by atoms with E-state index in [2.05, 4.69) is 24.1 Å². The van der Waals surface area contributed by atoms with E-state index in [9.17, 15) is 9.59 Å². The number of thiazole rings is 1. The summed E-state index contributed by atoms with van der Waals surface area (Å²) < 4.78 is 6.06. The summed E-state index contributed by atoms with van der Waals surface area (Å²) in [5, 5.41) is 12.2. The average molecular weight is 430 g/mol. The van der Waals surface area contributed by atoms with Crippen molar-refractivity contribution in [3.63, 3.8) is 0 Å². The van der Waals surface area contributed by atoms with E-state index in [4.69, 9.17) is 9.84 Å². The SMILES string of the molecule is COC[C@H]1CC[C@H](N(CCC(C)C)C(=O)Nc2ncc(SCC(=O)O)s2)CC1. The molecule has 0 radical (unpaired) electrons. The van der Waals surface area contributed by atoms with Gasteiger partial charge in [-0.15, -0.1) is 11.8 Å². The van der Waals surface area contributed by atoms with E-state index in [0.29, 0.717) is 17.0 Å². The first kappa shape index (κ1) is 23.0. The topological polar surface area (TPSA) is 91.8 Å². The molecular formula is C19H31N3O4S2. The Balaban J connectivity index is 1.96. The van der Waals surface area contributed by atoms with E-state index in [1.807, 2.05) is 4.90 Å². The summed E-state index contributed by atoms with van der Waals surface area (Å²) in [5.41, 5.74) is 0. The average Bonchev–Trinajstić information content (AvgIpc) is 3.09. The van der Waals surface area contributed by atoms with Gasteiger partial charge in [0.05, 0.1) is 16.2 Å². The van der Waals surface area contributed by atoms with Crippen LogP contribution in [-0.2, 0) is 9.53 Å². The highest BCUT2D eigenvalue weighted by molar-refractivity contribution is 8.01. The number of urea groups is 1. The first-order valence-corrected chi connectivity index (χ1v) is 11.6. The summed E-state index contributed by atoms with van der Waals surface area (Å²) in [7, 11) is 1.74. The predicted molar refractivity (Wildman–Crippen MR) is 113 cm³/mol. The molecule has 1 aromatic rings. The lowest BCUT2D eigenvalue weighted by Crippen LogP contribution is -2.45. The van der Waals surface area contributed by atoms with Crippen molar-refractivity contribution in [2.45, 2.75) is 56.2 Å². The number of hydrogen-bond acceptors (Lipinski definition) is 6. The van der Waals surface area contributed by atoms with Crippen LogP contribution in [0.25, 0.3) is 0 Å². The third-order valence-corrected chi connectivity index (χ3v) is 7.00. The van der Waals surface area contributed by atoms with Crippen molar-refractivity contribution in [2.24, 2.45) is 11.8 Å². The van der Waals surface area contributed by atoms with Crippen LogP contribution in [-0.4, -0.2) is 59.0 Å². The molecule has 0 aromatic carbocycles. The van der Waals surface area contributed by atoms with Crippen LogP contribution in [0.1, 0.15) is 46.0 Å². The summed E-state index contributed by atoms with van der Waals surface area (Å²) in [4.78, 5) is 29.8. The van der Waals surface area contributed by atoms with Crippen molar-refractivity contribution in [1.82, 2.24) is 9.88 Å². The third kappa shape index (κ3) is 7.60. The maximum absolute atomic E-state index is 13.0. The fourth-order valence-corrected chi connectivity index (χ4v) is 4.97. The Morgan fingerprint density at radius 1 is 1.39 bits per heavy atom. The van der Waals surface area contributed by atoms with Gasteiger partial charge in [-0.05, 0) is 43.9 Å². The molecule has 0 bridgehead atoms. The third-order valence-electron chi connectivity index (χ3n) is 4.90. The number of carboxylic acid groups (broad SMARTS) is 1. The van der Waals surface area contributed by atoms with Gasteiger partial charge in [0.25, 0.3) is 0 Å². The van der Waals surface area contributed by atoms with Gasteiger partial charge < -0.3 is 14.7 Å². The van der Waals surface area contributed by atoms with E-state index < -0.39 is 5.97 Å². The number of rotatable bonds is 10. The van der Waals surface area contributed by atoms with Crippen molar-refractivity contribution in [3.8, 4) is 0 Å². The van der Waals surface area contributed by atoms with Gasteiger partial charge in [-0.3, -0.25) is 10.1 Å². The molecule has 1 aromatic heterocycles. The number of anilines is 1. The molecule has 1 aliphatic carbocycles. The smallest absolute Gasteiger partial charge is 0.323 e. The monoisotopic (exact) mass is 429 g/mol. The van der Waals surface area contributed by atoms with Crippen LogP contribution in [0.3, 0.4) is 0 Å². The molecule has 0 unspecified atom stereocenters. The van der Waals surface area contributed by atoms with Crippen LogP contribution in [0.2, 0.25) is 0 Å². The Kier molecular flexibility index (Phi) is 9.53. The van der Waals surface area contributed by atoms with Crippen LogP contribution < -0.4 is 5.32 Å². The van der Waals surface area contributed by atoms with Crippen molar-refractivity contribution in [2.75, 3.05) is 31.3 Å². The number of ether oxygens (including phenoxy) is 1. The largest absolute Gasteiger partial charge is 0.481 e. The lowest BCUT2D eigenvalue weighted by Gasteiger charge is -2.37. The number of carbonyl (C=O) groups is 2. The van der Waals surface area contributed by atoms with Crippen molar-refractivity contribution >= 4 is 40.2 Å². The molecule has 2 N–H and O–H groups in total. The van der Waals surface area contributed by atoms with Gasteiger partial charge in [-0.25, -0.2) is 9.78 Å². The molecular weight excluding hydrogens is 398 g/mol. The minimum Gasteiger partial charge on any atom is -0.481 e. The van der Waals surface area contributed by atoms with Gasteiger partial charge in [0.1, 0.15) is 0 Å². The van der Waals surface area contributed by atoms with Crippen molar-refractivity contribution < 1.29 is 19.4 Å². The van der Waals surface area contributed by atoms with E-state index >= 15 is 0 Å². The van der Waals surface area contributed by atoms with Gasteiger partial charge in [0.2, 0.25) is 0 Å². The molecule has 7 nitrogen and oxygen atoms in total. The Morgan fingerprint density at radius 3 is 2.71 bits per heavy atom. The first-order valence-electron chi connectivity index (χ1n) is 9.76. The molecule has 2 amide bonds. The molecule has 1 aliphatic rings.